The molecule has 1 unspecified atom stereocenters. The van der Waals surface area contributed by atoms with Gasteiger partial charge in [-0.05, 0) is 11.6 Å². The van der Waals surface area contributed by atoms with Crippen LogP contribution < -0.4 is 10.1 Å². The number of hydrogen-bond donors (Lipinski definition) is 1. The molecular weight excluding hydrogens is 400 g/mol. The Bertz CT molecular complexity index is 973. The minimum atomic E-state index is -0.392. The zero-order valence-corrected chi connectivity index (χ0v) is 17.6. The second kappa shape index (κ2) is 9.80. The fourth-order valence-electron chi connectivity index (χ4n) is 3.56. The first-order chi connectivity index (χ1) is 14.7. The first kappa shape index (κ1) is 20.5. The van der Waals surface area contributed by atoms with Gasteiger partial charge < -0.3 is 9.47 Å². The number of nitrogens with one attached hydrogen (secondary N) is 1. The lowest BCUT2D eigenvalue weighted by Crippen LogP contribution is -2.43. The zero-order valence-electron chi connectivity index (χ0n) is 16.8. The van der Waals surface area contributed by atoms with Crippen molar-refractivity contribution in [2.24, 2.45) is 0 Å². The average molecular weight is 425 g/mol. The number of carbonyl (C=O) groups is 1. The molecule has 1 saturated heterocycles. The lowest BCUT2D eigenvalue weighted by Gasteiger charge is -2.33. The molecule has 3 aromatic rings. The molecule has 2 heterocycles. The maximum atomic E-state index is 13.2. The van der Waals surface area contributed by atoms with Crippen LogP contribution in [0.1, 0.15) is 22.2 Å². The first-order valence-corrected chi connectivity index (χ1v) is 10.7. The number of rotatable bonds is 7. The number of anilines is 1. The van der Waals surface area contributed by atoms with Crippen molar-refractivity contribution in [3.05, 3.63) is 70.7 Å². The maximum Gasteiger partial charge on any atom is 0.248 e. The molecule has 1 aliphatic heterocycles. The lowest BCUT2D eigenvalue weighted by atomic mass is 10.0. The number of nitrogens with zero attached hydrogens (tertiary/aromatic N) is 3. The molecule has 0 saturated carbocycles. The van der Waals surface area contributed by atoms with Crippen molar-refractivity contribution in [3.63, 3.8) is 0 Å². The predicted octanol–water partition coefficient (Wildman–Crippen LogP) is 3.15. The second-order valence-corrected chi connectivity index (χ2v) is 8.00. The Morgan fingerprint density at radius 2 is 1.87 bits per heavy atom. The molecule has 0 spiro atoms. The molecule has 30 heavy (non-hydrogen) atoms. The van der Waals surface area contributed by atoms with Gasteiger partial charge in [-0.25, -0.2) is 0 Å². The van der Waals surface area contributed by atoms with Gasteiger partial charge in [-0.3, -0.25) is 15.0 Å². The van der Waals surface area contributed by atoms with Crippen molar-refractivity contribution in [1.82, 2.24) is 15.1 Å². The molecule has 156 valence electrons. The molecule has 4 rings (SSSR count). The third-order valence-electron chi connectivity index (χ3n) is 5.01. The van der Waals surface area contributed by atoms with Gasteiger partial charge in [-0.15, -0.1) is 10.2 Å². The fraction of sp³-hybridized carbons (Fsp3) is 0.318. The predicted molar refractivity (Wildman–Crippen MR) is 116 cm³/mol. The SMILES string of the molecule is COc1ccccc1Cc1nnc(NC(=O)C(c2ccccc2)N2CCOCC2)s1. The number of aromatic nitrogens is 2. The number of hydrogen-bond acceptors (Lipinski definition) is 7. The standard InChI is InChI=1S/C22H24N4O3S/c1-28-18-10-6-5-9-17(18)15-19-24-25-22(30-19)23-21(27)20(16-7-3-2-4-8-16)26-11-13-29-14-12-26/h2-10,20H,11-15H2,1H3,(H,23,25,27). The van der Waals surface area contributed by atoms with Crippen LogP contribution >= 0.6 is 11.3 Å². The van der Waals surface area contributed by atoms with Gasteiger partial charge in [0, 0.05) is 25.1 Å². The summed E-state index contributed by atoms with van der Waals surface area (Å²) in [4.78, 5) is 15.3. The van der Waals surface area contributed by atoms with Gasteiger partial charge >= 0.3 is 0 Å². The fourth-order valence-corrected chi connectivity index (χ4v) is 4.33. The summed E-state index contributed by atoms with van der Waals surface area (Å²) < 4.78 is 10.9. The quantitative estimate of drug-likeness (QED) is 0.628. The van der Waals surface area contributed by atoms with Crippen LogP contribution in [0.2, 0.25) is 0 Å². The molecule has 1 fully saturated rings. The van der Waals surface area contributed by atoms with E-state index in [1.807, 2.05) is 54.6 Å². The molecule has 1 atom stereocenters. The molecule has 7 nitrogen and oxygen atoms in total. The van der Waals surface area contributed by atoms with Gasteiger partial charge in [0.2, 0.25) is 11.0 Å². The van der Waals surface area contributed by atoms with Gasteiger partial charge in [-0.2, -0.15) is 0 Å². The summed E-state index contributed by atoms with van der Waals surface area (Å²) >= 11 is 1.38. The van der Waals surface area contributed by atoms with E-state index in [0.717, 1.165) is 21.9 Å². The minimum Gasteiger partial charge on any atom is -0.496 e. The minimum absolute atomic E-state index is 0.108. The van der Waals surface area contributed by atoms with Crippen molar-refractivity contribution >= 4 is 22.4 Å². The van der Waals surface area contributed by atoms with Crippen LogP contribution in [0.15, 0.2) is 54.6 Å². The summed E-state index contributed by atoms with van der Waals surface area (Å²) in [6, 6.07) is 17.2. The van der Waals surface area contributed by atoms with E-state index in [-0.39, 0.29) is 5.91 Å². The van der Waals surface area contributed by atoms with Crippen molar-refractivity contribution in [2.45, 2.75) is 12.5 Å². The summed E-state index contributed by atoms with van der Waals surface area (Å²) in [7, 11) is 1.65. The molecule has 0 bridgehead atoms. The molecule has 1 aliphatic rings. The highest BCUT2D eigenvalue weighted by atomic mass is 32.1. The Morgan fingerprint density at radius 3 is 2.63 bits per heavy atom. The zero-order chi connectivity index (χ0) is 20.8. The maximum absolute atomic E-state index is 13.2. The molecule has 1 N–H and O–H groups in total. The van der Waals surface area contributed by atoms with Crippen molar-refractivity contribution in [2.75, 3.05) is 38.7 Å². The van der Waals surface area contributed by atoms with E-state index >= 15 is 0 Å². The Balaban J connectivity index is 1.49. The van der Waals surface area contributed by atoms with Gasteiger partial charge in [0.15, 0.2) is 0 Å². The second-order valence-electron chi connectivity index (χ2n) is 6.94. The van der Waals surface area contributed by atoms with E-state index in [1.54, 1.807) is 7.11 Å². The van der Waals surface area contributed by atoms with Crippen LogP contribution in [0.5, 0.6) is 5.75 Å². The summed E-state index contributed by atoms with van der Waals surface area (Å²) in [5.41, 5.74) is 1.99. The van der Waals surface area contributed by atoms with Crippen LogP contribution in [0.3, 0.4) is 0 Å². The normalized spacial score (nSPS) is 15.5. The van der Waals surface area contributed by atoms with E-state index < -0.39 is 6.04 Å². The Labute approximate surface area is 179 Å². The largest absolute Gasteiger partial charge is 0.496 e. The third kappa shape index (κ3) is 4.84. The van der Waals surface area contributed by atoms with Gasteiger partial charge in [0.1, 0.15) is 16.8 Å². The first-order valence-electron chi connectivity index (χ1n) is 9.86. The van der Waals surface area contributed by atoms with Crippen LogP contribution in [0, 0.1) is 0 Å². The number of benzene rings is 2. The van der Waals surface area contributed by atoms with Crippen molar-refractivity contribution < 1.29 is 14.3 Å². The lowest BCUT2D eigenvalue weighted by molar-refractivity contribution is -0.123. The van der Waals surface area contributed by atoms with Crippen LogP contribution in [0.25, 0.3) is 0 Å². The molecular formula is C22H24N4O3S. The molecule has 0 aliphatic carbocycles. The molecule has 0 radical (unpaired) electrons. The van der Waals surface area contributed by atoms with Crippen LogP contribution in [-0.2, 0) is 16.0 Å². The van der Waals surface area contributed by atoms with Gasteiger partial charge in [0.25, 0.3) is 0 Å². The topological polar surface area (TPSA) is 76.6 Å². The van der Waals surface area contributed by atoms with E-state index in [2.05, 4.69) is 20.4 Å². The highest BCUT2D eigenvalue weighted by molar-refractivity contribution is 7.15. The van der Waals surface area contributed by atoms with E-state index in [0.29, 0.717) is 37.9 Å². The number of methoxy groups -OCH3 is 1. The smallest absolute Gasteiger partial charge is 0.248 e. The number of amides is 1. The molecule has 1 aromatic heterocycles. The van der Waals surface area contributed by atoms with E-state index in [4.69, 9.17) is 9.47 Å². The summed E-state index contributed by atoms with van der Waals surface area (Å²) in [5.74, 6) is 0.706. The summed E-state index contributed by atoms with van der Waals surface area (Å²) in [6.07, 6.45) is 0.600. The number of ether oxygens (including phenoxy) is 2. The van der Waals surface area contributed by atoms with Crippen molar-refractivity contribution in [3.8, 4) is 5.75 Å². The Morgan fingerprint density at radius 1 is 1.13 bits per heavy atom. The third-order valence-corrected chi connectivity index (χ3v) is 5.84. The number of para-hydroxylation sites is 1. The number of morpholine rings is 1. The summed E-state index contributed by atoms with van der Waals surface area (Å²) in [5, 5.41) is 12.7. The molecule has 8 heteroatoms. The summed E-state index contributed by atoms with van der Waals surface area (Å²) in [6.45, 7) is 2.67. The monoisotopic (exact) mass is 424 g/mol. The van der Waals surface area contributed by atoms with Crippen LogP contribution in [-0.4, -0.2) is 54.4 Å². The van der Waals surface area contributed by atoms with E-state index in [1.165, 1.54) is 11.3 Å². The Kier molecular flexibility index (Phi) is 6.68. The van der Waals surface area contributed by atoms with E-state index in [9.17, 15) is 4.79 Å². The highest BCUT2D eigenvalue weighted by Crippen LogP contribution is 2.27. The highest BCUT2D eigenvalue weighted by Gasteiger charge is 2.29. The molecule has 2 aromatic carbocycles. The molecule has 1 amide bonds. The van der Waals surface area contributed by atoms with Crippen LogP contribution in [0.4, 0.5) is 5.13 Å². The Hall–Kier alpha value is -2.81. The number of carbonyl (C=O) groups excluding carboxylic acids is 1. The van der Waals surface area contributed by atoms with Crippen molar-refractivity contribution in [1.29, 1.82) is 0 Å². The average Bonchev–Trinajstić information content (AvgIpc) is 3.22. The van der Waals surface area contributed by atoms with Gasteiger partial charge in [0.05, 0.1) is 20.3 Å². The van der Waals surface area contributed by atoms with Gasteiger partial charge in [-0.1, -0.05) is 59.9 Å².